The van der Waals surface area contributed by atoms with Crippen LogP contribution in [0, 0.1) is 5.92 Å². The fourth-order valence-electron chi connectivity index (χ4n) is 0.901. The van der Waals surface area contributed by atoms with E-state index in [9.17, 15) is 13.2 Å². The van der Waals surface area contributed by atoms with Gasteiger partial charge >= 0.3 is 0 Å². The zero-order valence-corrected chi connectivity index (χ0v) is 14.2. The number of methoxy groups -OCH3 is 2. The average molecular weight is 324 g/mol. The molecule has 0 heterocycles. The lowest BCUT2D eigenvalue weighted by molar-refractivity contribution is 0.00320. The smallest absolute Gasteiger partial charge is 0.203 e. The van der Waals surface area contributed by atoms with Gasteiger partial charge in [0.2, 0.25) is 11.7 Å². The van der Waals surface area contributed by atoms with E-state index >= 15 is 0 Å². The van der Waals surface area contributed by atoms with Gasteiger partial charge < -0.3 is 14.2 Å². The molecule has 2 unspecified atom stereocenters. The Morgan fingerprint density at radius 1 is 0.909 bits per heavy atom. The van der Waals surface area contributed by atoms with Gasteiger partial charge in [-0.2, -0.15) is 8.78 Å². The number of ether oxygens (including phenoxy) is 3. The first kappa shape index (κ1) is 22.8. The second-order valence-corrected chi connectivity index (χ2v) is 4.99. The van der Waals surface area contributed by atoms with Crippen molar-refractivity contribution < 1.29 is 27.4 Å². The van der Waals surface area contributed by atoms with E-state index in [0.29, 0.717) is 12.5 Å². The molecule has 6 heteroatoms. The third-order valence-corrected chi connectivity index (χ3v) is 2.51. The van der Waals surface area contributed by atoms with Crippen molar-refractivity contribution in [3.8, 4) is 0 Å². The zero-order chi connectivity index (χ0) is 17.9. The standard InChI is InChI=1S/C8H10F2O2.C8H17FO/c1-5(11-3)7(9)8(10)6(2)12-4;1-6(2)5-10-8(4)7(3)9/h1-2H2,3-4H3;6-8H,5H2,1-4H3/b8-7-;. The van der Waals surface area contributed by atoms with Crippen LogP contribution in [0.5, 0.6) is 0 Å². The Hall–Kier alpha value is -1.43. The lowest BCUT2D eigenvalue weighted by Gasteiger charge is -2.15. The summed E-state index contributed by atoms with van der Waals surface area (Å²) in [5.74, 6) is -2.72. The maximum absolute atomic E-state index is 12.8. The fourth-order valence-corrected chi connectivity index (χ4v) is 0.901. The Balaban J connectivity index is 0. The van der Waals surface area contributed by atoms with Crippen LogP contribution in [0.3, 0.4) is 0 Å². The zero-order valence-electron chi connectivity index (χ0n) is 14.2. The van der Waals surface area contributed by atoms with Gasteiger partial charge in [0.25, 0.3) is 0 Å². The van der Waals surface area contributed by atoms with Crippen LogP contribution in [-0.2, 0) is 14.2 Å². The number of halogens is 3. The number of hydrogen-bond acceptors (Lipinski definition) is 3. The van der Waals surface area contributed by atoms with Crippen LogP contribution >= 0.6 is 0 Å². The van der Waals surface area contributed by atoms with Gasteiger partial charge in [-0.3, -0.25) is 0 Å². The third kappa shape index (κ3) is 10.3. The summed E-state index contributed by atoms with van der Waals surface area (Å²) in [5, 5.41) is 0. The fraction of sp³-hybridized carbons (Fsp3) is 0.625. The third-order valence-electron chi connectivity index (χ3n) is 2.51. The van der Waals surface area contributed by atoms with Crippen molar-refractivity contribution in [3.05, 3.63) is 36.3 Å². The van der Waals surface area contributed by atoms with Gasteiger partial charge in [-0.1, -0.05) is 27.0 Å². The predicted octanol–water partition coefficient (Wildman–Crippen LogP) is 4.86. The molecule has 130 valence electrons. The SMILES string of the molecule is C=C(OC)/C(F)=C(/F)C(=C)OC.CC(C)COC(C)C(C)F. The highest BCUT2D eigenvalue weighted by molar-refractivity contribution is 5.28. The number of allylic oxidation sites excluding steroid dienone is 2. The quantitative estimate of drug-likeness (QED) is 0.471. The van der Waals surface area contributed by atoms with Gasteiger partial charge in [0.15, 0.2) is 11.5 Å². The van der Waals surface area contributed by atoms with Crippen molar-refractivity contribution in [1.82, 2.24) is 0 Å². The largest absolute Gasteiger partial charge is 0.494 e. The highest BCUT2D eigenvalue weighted by atomic mass is 19.2. The normalized spacial score (nSPS) is 14.3. The van der Waals surface area contributed by atoms with Crippen LogP contribution in [0.4, 0.5) is 13.2 Å². The molecule has 0 aromatic carbocycles. The minimum Gasteiger partial charge on any atom is -0.494 e. The molecular formula is C16H27F3O3. The molecule has 0 N–H and O–H groups in total. The van der Waals surface area contributed by atoms with E-state index in [4.69, 9.17) is 4.74 Å². The van der Waals surface area contributed by atoms with Crippen molar-refractivity contribution in [2.45, 2.75) is 40.0 Å². The van der Waals surface area contributed by atoms with Crippen molar-refractivity contribution in [2.75, 3.05) is 20.8 Å². The van der Waals surface area contributed by atoms with E-state index in [0.717, 1.165) is 0 Å². The molecule has 0 radical (unpaired) electrons. The first-order valence-corrected chi connectivity index (χ1v) is 6.85. The second-order valence-electron chi connectivity index (χ2n) is 4.99. The van der Waals surface area contributed by atoms with Crippen molar-refractivity contribution in [2.24, 2.45) is 5.92 Å². The molecule has 0 saturated carbocycles. The lowest BCUT2D eigenvalue weighted by atomic mass is 10.2. The summed E-state index contributed by atoms with van der Waals surface area (Å²) in [6.45, 7) is 14.3. The summed E-state index contributed by atoms with van der Waals surface area (Å²) >= 11 is 0. The molecule has 0 aromatic heterocycles. The van der Waals surface area contributed by atoms with Crippen LogP contribution in [-0.4, -0.2) is 33.1 Å². The van der Waals surface area contributed by atoms with Crippen LogP contribution in [0.15, 0.2) is 36.3 Å². The molecule has 3 nitrogen and oxygen atoms in total. The topological polar surface area (TPSA) is 27.7 Å². The Bertz CT molecular complexity index is 353. The molecule has 0 aliphatic heterocycles. The van der Waals surface area contributed by atoms with Crippen LogP contribution < -0.4 is 0 Å². The molecule has 0 amide bonds. The maximum Gasteiger partial charge on any atom is 0.203 e. The van der Waals surface area contributed by atoms with Crippen LogP contribution in [0.25, 0.3) is 0 Å². The minimum absolute atomic E-state index is 0.262. The Kier molecular flexibility index (Phi) is 12.6. The number of hydrogen-bond donors (Lipinski definition) is 0. The minimum atomic E-state index is -1.20. The van der Waals surface area contributed by atoms with Gasteiger partial charge in [-0.25, -0.2) is 4.39 Å². The summed E-state index contributed by atoms with van der Waals surface area (Å²) in [6, 6.07) is 0. The van der Waals surface area contributed by atoms with Crippen molar-refractivity contribution >= 4 is 0 Å². The van der Waals surface area contributed by atoms with Crippen molar-refractivity contribution in [1.29, 1.82) is 0 Å². The van der Waals surface area contributed by atoms with Crippen LogP contribution in [0.2, 0.25) is 0 Å². The molecular weight excluding hydrogens is 297 g/mol. The first-order valence-electron chi connectivity index (χ1n) is 6.85. The van der Waals surface area contributed by atoms with Gasteiger partial charge in [0, 0.05) is 6.61 Å². The summed E-state index contributed by atoms with van der Waals surface area (Å²) in [7, 11) is 2.37. The molecule has 0 saturated heterocycles. The molecule has 2 atom stereocenters. The van der Waals surface area contributed by atoms with Crippen LogP contribution in [0.1, 0.15) is 27.7 Å². The second kappa shape index (κ2) is 12.1. The summed E-state index contributed by atoms with van der Waals surface area (Å²) in [6.07, 6.45) is -1.12. The van der Waals surface area contributed by atoms with Gasteiger partial charge in [-0.05, 0) is 19.8 Å². The first-order chi connectivity index (χ1) is 10.1. The lowest BCUT2D eigenvalue weighted by Crippen LogP contribution is -2.21. The molecule has 0 fully saturated rings. The Morgan fingerprint density at radius 2 is 1.27 bits per heavy atom. The Morgan fingerprint density at radius 3 is 1.50 bits per heavy atom. The van der Waals surface area contributed by atoms with Gasteiger partial charge in [-0.15, -0.1) is 0 Å². The van der Waals surface area contributed by atoms with Crippen molar-refractivity contribution in [3.63, 3.8) is 0 Å². The summed E-state index contributed by atoms with van der Waals surface area (Å²) < 4.78 is 51.9. The highest BCUT2D eigenvalue weighted by Crippen LogP contribution is 2.21. The molecule has 0 rings (SSSR count). The molecule has 22 heavy (non-hydrogen) atoms. The summed E-state index contributed by atoms with van der Waals surface area (Å²) in [5.41, 5.74) is 0. The number of alkyl halides is 1. The van der Waals surface area contributed by atoms with Gasteiger partial charge in [0.1, 0.15) is 6.17 Å². The van der Waals surface area contributed by atoms with E-state index in [1.807, 2.05) is 0 Å². The van der Waals surface area contributed by atoms with E-state index in [2.05, 4.69) is 36.5 Å². The van der Waals surface area contributed by atoms with E-state index < -0.39 is 29.3 Å². The number of rotatable bonds is 8. The predicted molar refractivity (Wildman–Crippen MR) is 82.4 cm³/mol. The summed E-state index contributed by atoms with van der Waals surface area (Å²) in [4.78, 5) is 0. The Labute approximate surface area is 131 Å². The van der Waals surface area contributed by atoms with E-state index in [-0.39, 0.29) is 6.10 Å². The highest BCUT2D eigenvalue weighted by Gasteiger charge is 2.13. The average Bonchev–Trinajstić information content (AvgIpc) is 2.49. The van der Waals surface area contributed by atoms with E-state index in [1.165, 1.54) is 21.1 Å². The monoisotopic (exact) mass is 324 g/mol. The molecule has 0 spiro atoms. The maximum atomic E-state index is 12.8. The molecule has 0 aliphatic rings. The molecule has 0 aliphatic carbocycles. The van der Waals surface area contributed by atoms with E-state index in [1.54, 1.807) is 6.92 Å². The molecule has 0 aromatic rings. The molecule has 0 bridgehead atoms. The van der Waals surface area contributed by atoms with Gasteiger partial charge in [0.05, 0.1) is 20.3 Å².